The fraction of sp³-hybridized carbons (Fsp3) is 0.565. The van der Waals surface area contributed by atoms with E-state index >= 15 is 0 Å². The van der Waals surface area contributed by atoms with Gasteiger partial charge < -0.3 is 15.5 Å². The van der Waals surface area contributed by atoms with E-state index in [0.29, 0.717) is 43.1 Å². The van der Waals surface area contributed by atoms with Gasteiger partial charge in [0.25, 0.3) is 5.91 Å². The minimum Gasteiger partial charge on any atom is -0.323 e. The summed E-state index contributed by atoms with van der Waals surface area (Å²) in [5.41, 5.74) is 0.130. The lowest BCUT2D eigenvalue weighted by molar-refractivity contribution is -0.136. The number of para-hydroxylation sites is 2. The summed E-state index contributed by atoms with van der Waals surface area (Å²) in [5.74, 6) is -0.475. The molecule has 4 rings (SSSR count). The SMILES string of the molecule is C[C@H]1CC(C)(C)C[C@]2(C1)NC(=O)N(CC(=O)Nc1ccccc1N1CCCC1=O)C2=O. The van der Waals surface area contributed by atoms with Gasteiger partial charge in [0.2, 0.25) is 11.8 Å². The van der Waals surface area contributed by atoms with E-state index in [-0.39, 0.29) is 23.8 Å². The number of imide groups is 1. The third kappa shape index (κ3) is 4.03. The van der Waals surface area contributed by atoms with Gasteiger partial charge in [-0.2, -0.15) is 0 Å². The molecule has 1 aromatic rings. The number of carbonyl (C=O) groups excluding carboxylic acids is 4. The van der Waals surface area contributed by atoms with Crippen LogP contribution in [0.25, 0.3) is 0 Å². The van der Waals surface area contributed by atoms with E-state index in [2.05, 4.69) is 31.4 Å². The minimum absolute atomic E-state index is 0.0202. The predicted octanol–water partition coefficient (Wildman–Crippen LogP) is 2.89. The van der Waals surface area contributed by atoms with E-state index in [1.165, 1.54) is 0 Å². The molecule has 2 saturated heterocycles. The van der Waals surface area contributed by atoms with Crippen LogP contribution < -0.4 is 15.5 Å². The van der Waals surface area contributed by atoms with Crippen LogP contribution >= 0.6 is 0 Å². The molecule has 2 heterocycles. The van der Waals surface area contributed by atoms with Gasteiger partial charge in [-0.05, 0) is 49.1 Å². The van der Waals surface area contributed by atoms with Gasteiger partial charge in [-0.15, -0.1) is 0 Å². The summed E-state index contributed by atoms with van der Waals surface area (Å²) in [6, 6.07) is 6.57. The van der Waals surface area contributed by atoms with E-state index in [0.717, 1.165) is 17.7 Å². The molecule has 1 spiro atoms. The average molecular weight is 427 g/mol. The summed E-state index contributed by atoms with van der Waals surface area (Å²) in [5, 5.41) is 5.68. The Kier molecular flexibility index (Phi) is 5.27. The van der Waals surface area contributed by atoms with Gasteiger partial charge >= 0.3 is 6.03 Å². The molecular formula is C23H30N4O4. The lowest BCUT2D eigenvalue weighted by atomic mass is 9.64. The first-order valence-electron chi connectivity index (χ1n) is 10.9. The number of carbonyl (C=O) groups is 4. The van der Waals surface area contributed by atoms with Gasteiger partial charge in [0.1, 0.15) is 12.1 Å². The standard InChI is InChI=1S/C23H30N4O4/c1-15-11-22(2,3)14-23(12-15)20(30)27(21(31)25-23)13-18(28)24-16-7-4-5-8-17(16)26-10-6-9-19(26)29/h4-5,7-8,15H,6,9-14H2,1-3H3,(H,24,28)(H,25,31)/t15-,23-/m0/s1. The van der Waals surface area contributed by atoms with Gasteiger partial charge in [-0.25, -0.2) is 4.79 Å². The topological polar surface area (TPSA) is 98.8 Å². The largest absolute Gasteiger partial charge is 0.325 e. The first-order valence-corrected chi connectivity index (χ1v) is 10.9. The molecule has 8 heteroatoms. The highest BCUT2D eigenvalue weighted by molar-refractivity contribution is 6.11. The van der Waals surface area contributed by atoms with Crippen molar-refractivity contribution in [3.8, 4) is 0 Å². The van der Waals surface area contributed by atoms with Crippen molar-refractivity contribution in [3.63, 3.8) is 0 Å². The van der Waals surface area contributed by atoms with Gasteiger partial charge in [0.05, 0.1) is 11.4 Å². The maximum Gasteiger partial charge on any atom is 0.325 e. The zero-order valence-electron chi connectivity index (χ0n) is 18.4. The smallest absolute Gasteiger partial charge is 0.323 e. The van der Waals surface area contributed by atoms with Crippen LogP contribution in [-0.2, 0) is 14.4 Å². The number of urea groups is 1. The van der Waals surface area contributed by atoms with Crippen molar-refractivity contribution in [1.82, 2.24) is 10.2 Å². The summed E-state index contributed by atoms with van der Waals surface area (Å²) < 4.78 is 0. The lowest BCUT2D eigenvalue weighted by Crippen LogP contribution is -2.54. The molecule has 3 aliphatic rings. The molecule has 166 valence electrons. The normalized spacial score (nSPS) is 27.7. The van der Waals surface area contributed by atoms with E-state index in [1.807, 2.05) is 6.07 Å². The molecule has 1 aliphatic carbocycles. The molecule has 0 aromatic heterocycles. The zero-order chi connectivity index (χ0) is 22.4. The number of anilines is 2. The Morgan fingerprint density at radius 1 is 1.19 bits per heavy atom. The minimum atomic E-state index is -0.932. The first kappa shape index (κ1) is 21.3. The summed E-state index contributed by atoms with van der Waals surface area (Å²) in [7, 11) is 0. The second kappa shape index (κ2) is 7.66. The Hall–Kier alpha value is -2.90. The Balaban J connectivity index is 1.48. The molecule has 3 fully saturated rings. The van der Waals surface area contributed by atoms with Gasteiger partial charge in [-0.3, -0.25) is 19.3 Å². The van der Waals surface area contributed by atoms with E-state index in [1.54, 1.807) is 23.1 Å². The molecule has 1 saturated carbocycles. The Morgan fingerprint density at radius 3 is 2.61 bits per heavy atom. The molecule has 2 N–H and O–H groups in total. The second-order valence-electron chi connectivity index (χ2n) is 9.97. The third-order valence-electron chi connectivity index (χ3n) is 6.47. The van der Waals surface area contributed by atoms with Crippen LogP contribution in [0.1, 0.15) is 52.9 Å². The van der Waals surface area contributed by atoms with Crippen LogP contribution in [0.15, 0.2) is 24.3 Å². The average Bonchev–Trinajstić information content (AvgIpc) is 3.17. The van der Waals surface area contributed by atoms with Crippen LogP contribution in [-0.4, -0.2) is 47.3 Å². The number of amides is 5. The third-order valence-corrected chi connectivity index (χ3v) is 6.47. The van der Waals surface area contributed by atoms with Crippen molar-refractivity contribution in [3.05, 3.63) is 24.3 Å². The number of rotatable bonds is 4. The summed E-state index contributed by atoms with van der Waals surface area (Å²) in [6.07, 6.45) is 3.40. The Labute approximate surface area is 182 Å². The van der Waals surface area contributed by atoms with Crippen molar-refractivity contribution >= 4 is 35.1 Å². The highest BCUT2D eigenvalue weighted by Gasteiger charge is 2.56. The van der Waals surface area contributed by atoms with Crippen molar-refractivity contribution < 1.29 is 19.2 Å². The fourth-order valence-electron chi connectivity index (χ4n) is 5.70. The lowest BCUT2D eigenvalue weighted by Gasteiger charge is -2.43. The number of hydrogen-bond acceptors (Lipinski definition) is 4. The molecule has 2 aliphatic heterocycles. The fourth-order valence-corrected chi connectivity index (χ4v) is 5.70. The van der Waals surface area contributed by atoms with E-state index in [9.17, 15) is 19.2 Å². The van der Waals surface area contributed by atoms with E-state index in [4.69, 9.17) is 0 Å². The van der Waals surface area contributed by atoms with Crippen LogP contribution in [0.3, 0.4) is 0 Å². The Bertz CT molecular complexity index is 943. The molecule has 8 nitrogen and oxygen atoms in total. The van der Waals surface area contributed by atoms with Crippen molar-refractivity contribution in [1.29, 1.82) is 0 Å². The zero-order valence-corrected chi connectivity index (χ0v) is 18.4. The summed E-state index contributed by atoms with van der Waals surface area (Å²) >= 11 is 0. The van der Waals surface area contributed by atoms with Crippen LogP contribution in [0.2, 0.25) is 0 Å². The van der Waals surface area contributed by atoms with Gasteiger partial charge in [-0.1, -0.05) is 32.9 Å². The second-order valence-corrected chi connectivity index (χ2v) is 9.97. The molecule has 2 atom stereocenters. The maximum absolute atomic E-state index is 13.2. The molecule has 0 radical (unpaired) electrons. The summed E-state index contributed by atoms with van der Waals surface area (Å²) in [6.45, 7) is 6.55. The maximum atomic E-state index is 13.2. The molecule has 1 aromatic carbocycles. The molecular weight excluding hydrogens is 396 g/mol. The number of benzene rings is 1. The van der Waals surface area contributed by atoms with Crippen LogP contribution in [0.5, 0.6) is 0 Å². The monoisotopic (exact) mass is 426 g/mol. The predicted molar refractivity (Wildman–Crippen MR) is 116 cm³/mol. The number of nitrogens with zero attached hydrogens (tertiary/aromatic N) is 2. The molecule has 0 unspecified atom stereocenters. The highest BCUT2D eigenvalue weighted by Crippen LogP contribution is 2.46. The molecule has 0 bridgehead atoms. The van der Waals surface area contributed by atoms with Crippen molar-refractivity contribution in [2.45, 2.75) is 58.4 Å². The molecule has 5 amide bonds. The first-order chi connectivity index (χ1) is 14.6. The van der Waals surface area contributed by atoms with Gasteiger partial charge in [0.15, 0.2) is 0 Å². The van der Waals surface area contributed by atoms with Crippen LogP contribution in [0.4, 0.5) is 16.2 Å². The Morgan fingerprint density at radius 2 is 1.94 bits per heavy atom. The molecule has 31 heavy (non-hydrogen) atoms. The summed E-state index contributed by atoms with van der Waals surface area (Å²) in [4.78, 5) is 53.5. The number of hydrogen-bond donors (Lipinski definition) is 2. The highest BCUT2D eigenvalue weighted by atomic mass is 16.2. The van der Waals surface area contributed by atoms with Crippen molar-refractivity contribution in [2.24, 2.45) is 11.3 Å². The quantitative estimate of drug-likeness (QED) is 0.723. The van der Waals surface area contributed by atoms with Crippen molar-refractivity contribution in [2.75, 3.05) is 23.3 Å². The van der Waals surface area contributed by atoms with Gasteiger partial charge in [0, 0.05) is 13.0 Å². The number of nitrogens with one attached hydrogen (secondary N) is 2. The van der Waals surface area contributed by atoms with E-state index < -0.39 is 17.5 Å². The van der Waals surface area contributed by atoms with Crippen LogP contribution in [0, 0.1) is 11.3 Å².